The highest BCUT2D eigenvalue weighted by atomic mass is 15.3. The predicted molar refractivity (Wildman–Crippen MR) is 88.5 cm³/mol. The largest absolute Gasteiger partial charge is 0.310 e. The molecule has 0 aliphatic rings. The molecule has 1 heterocycles. The van der Waals surface area contributed by atoms with Gasteiger partial charge in [0.1, 0.15) is 0 Å². The van der Waals surface area contributed by atoms with Gasteiger partial charge in [0.25, 0.3) is 0 Å². The topological polar surface area (TPSA) is 29.9 Å². The number of nitrogens with zero attached hydrogens (tertiary/aromatic N) is 2. The van der Waals surface area contributed by atoms with E-state index in [0.717, 1.165) is 25.8 Å². The Morgan fingerprint density at radius 3 is 2.33 bits per heavy atom. The third kappa shape index (κ3) is 3.94. The van der Waals surface area contributed by atoms with Crippen LogP contribution in [0.15, 0.2) is 30.3 Å². The highest BCUT2D eigenvalue weighted by Gasteiger charge is 2.14. The number of hydrogen-bond donors (Lipinski definition) is 1. The van der Waals surface area contributed by atoms with Crippen LogP contribution in [0.2, 0.25) is 0 Å². The molecule has 0 spiro atoms. The minimum Gasteiger partial charge on any atom is -0.310 e. The number of likely N-dealkylation sites (N-methyl/N-ethyl adjacent to an activating group) is 1. The molecule has 0 amide bonds. The Morgan fingerprint density at radius 1 is 1.10 bits per heavy atom. The molecule has 21 heavy (non-hydrogen) atoms. The molecule has 0 aliphatic carbocycles. The Morgan fingerprint density at radius 2 is 1.81 bits per heavy atom. The lowest BCUT2D eigenvalue weighted by Gasteiger charge is -2.19. The van der Waals surface area contributed by atoms with Crippen molar-refractivity contribution in [1.29, 1.82) is 0 Å². The summed E-state index contributed by atoms with van der Waals surface area (Å²) < 4.78 is 2.02. The second-order valence-electron chi connectivity index (χ2n) is 5.51. The fourth-order valence-electron chi connectivity index (χ4n) is 2.68. The summed E-state index contributed by atoms with van der Waals surface area (Å²) in [5.41, 5.74) is 5.21. The van der Waals surface area contributed by atoms with Crippen LogP contribution in [0.25, 0.3) is 0 Å². The standard InChI is InChI=1S/C18H27N3/c1-5-14-8-10-15(11-9-14)18(19-7-3)13-17-12-16(6-2)20-21(17)4/h8-12,18-19H,5-7,13H2,1-4H3. The molecule has 0 saturated carbocycles. The van der Waals surface area contributed by atoms with Crippen LogP contribution in [0.5, 0.6) is 0 Å². The van der Waals surface area contributed by atoms with Gasteiger partial charge in [0, 0.05) is 25.2 Å². The molecule has 0 radical (unpaired) electrons. The summed E-state index contributed by atoms with van der Waals surface area (Å²) in [7, 11) is 2.04. The number of aromatic nitrogens is 2. The van der Waals surface area contributed by atoms with Gasteiger partial charge in [0.2, 0.25) is 0 Å². The summed E-state index contributed by atoms with van der Waals surface area (Å²) in [6, 6.07) is 11.6. The lowest BCUT2D eigenvalue weighted by Crippen LogP contribution is -2.23. The van der Waals surface area contributed by atoms with Crippen LogP contribution < -0.4 is 5.32 Å². The van der Waals surface area contributed by atoms with Crippen LogP contribution in [-0.4, -0.2) is 16.3 Å². The van der Waals surface area contributed by atoms with E-state index < -0.39 is 0 Å². The maximum atomic E-state index is 4.55. The molecular weight excluding hydrogens is 258 g/mol. The molecule has 2 rings (SSSR count). The van der Waals surface area contributed by atoms with Crippen molar-refractivity contribution in [3.05, 3.63) is 52.8 Å². The van der Waals surface area contributed by atoms with Gasteiger partial charge in [-0.1, -0.05) is 45.0 Å². The first-order valence-corrected chi connectivity index (χ1v) is 8.01. The van der Waals surface area contributed by atoms with Crippen LogP contribution in [0.1, 0.15) is 49.3 Å². The molecule has 2 aromatic rings. The Balaban J connectivity index is 2.19. The van der Waals surface area contributed by atoms with E-state index in [4.69, 9.17) is 0 Å². The molecule has 1 atom stereocenters. The highest BCUT2D eigenvalue weighted by Crippen LogP contribution is 2.20. The average Bonchev–Trinajstić information content (AvgIpc) is 2.87. The van der Waals surface area contributed by atoms with Gasteiger partial charge in [0.15, 0.2) is 0 Å². The molecule has 114 valence electrons. The molecule has 1 aromatic carbocycles. The van der Waals surface area contributed by atoms with Crippen molar-refractivity contribution in [2.24, 2.45) is 7.05 Å². The van der Waals surface area contributed by atoms with E-state index in [-0.39, 0.29) is 0 Å². The normalized spacial score (nSPS) is 12.6. The summed E-state index contributed by atoms with van der Waals surface area (Å²) in [6.45, 7) is 7.48. The van der Waals surface area contributed by atoms with Crippen molar-refractivity contribution in [2.75, 3.05) is 6.54 Å². The molecule has 1 unspecified atom stereocenters. The fraction of sp³-hybridized carbons (Fsp3) is 0.500. The average molecular weight is 285 g/mol. The second-order valence-corrected chi connectivity index (χ2v) is 5.51. The molecule has 0 aliphatic heterocycles. The molecule has 1 aromatic heterocycles. The van der Waals surface area contributed by atoms with Crippen molar-refractivity contribution in [2.45, 2.75) is 46.1 Å². The number of benzene rings is 1. The third-order valence-electron chi connectivity index (χ3n) is 4.04. The number of aryl methyl sites for hydroxylation is 3. The van der Waals surface area contributed by atoms with Crippen LogP contribution in [0.3, 0.4) is 0 Å². The Labute approximate surface area is 128 Å². The molecule has 0 fully saturated rings. The van der Waals surface area contributed by atoms with E-state index >= 15 is 0 Å². The van der Waals surface area contributed by atoms with Crippen molar-refractivity contribution >= 4 is 0 Å². The minimum absolute atomic E-state index is 0.348. The Kier molecular flexibility index (Phi) is 5.57. The highest BCUT2D eigenvalue weighted by molar-refractivity contribution is 5.26. The van der Waals surface area contributed by atoms with Gasteiger partial charge in [-0.15, -0.1) is 0 Å². The summed E-state index contributed by atoms with van der Waals surface area (Å²) >= 11 is 0. The van der Waals surface area contributed by atoms with E-state index in [0.29, 0.717) is 6.04 Å². The number of nitrogens with one attached hydrogen (secondary N) is 1. The van der Waals surface area contributed by atoms with E-state index in [1.165, 1.54) is 22.5 Å². The second kappa shape index (κ2) is 7.41. The first-order chi connectivity index (χ1) is 10.2. The zero-order chi connectivity index (χ0) is 15.2. The summed E-state index contributed by atoms with van der Waals surface area (Å²) in [5.74, 6) is 0. The van der Waals surface area contributed by atoms with Crippen LogP contribution >= 0.6 is 0 Å². The summed E-state index contributed by atoms with van der Waals surface area (Å²) in [5, 5.41) is 8.15. The van der Waals surface area contributed by atoms with Crippen LogP contribution in [0.4, 0.5) is 0 Å². The van der Waals surface area contributed by atoms with Gasteiger partial charge in [-0.05, 0) is 36.6 Å². The zero-order valence-electron chi connectivity index (χ0n) is 13.7. The van der Waals surface area contributed by atoms with Crippen molar-refractivity contribution in [1.82, 2.24) is 15.1 Å². The first kappa shape index (κ1) is 15.8. The number of rotatable bonds is 7. The van der Waals surface area contributed by atoms with Crippen molar-refractivity contribution < 1.29 is 0 Å². The quantitative estimate of drug-likeness (QED) is 0.844. The van der Waals surface area contributed by atoms with Crippen molar-refractivity contribution in [3.63, 3.8) is 0 Å². The Bertz CT molecular complexity index is 554. The van der Waals surface area contributed by atoms with E-state index in [1.807, 2.05) is 11.7 Å². The lowest BCUT2D eigenvalue weighted by atomic mass is 9.99. The van der Waals surface area contributed by atoms with Gasteiger partial charge >= 0.3 is 0 Å². The third-order valence-corrected chi connectivity index (χ3v) is 4.04. The van der Waals surface area contributed by atoms with E-state index in [1.54, 1.807) is 0 Å². The summed E-state index contributed by atoms with van der Waals surface area (Å²) in [4.78, 5) is 0. The maximum Gasteiger partial charge on any atom is 0.0624 e. The van der Waals surface area contributed by atoms with Gasteiger partial charge in [-0.2, -0.15) is 5.10 Å². The minimum atomic E-state index is 0.348. The smallest absolute Gasteiger partial charge is 0.0624 e. The molecule has 1 N–H and O–H groups in total. The van der Waals surface area contributed by atoms with Gasteiger partial charge in [-0.25, -0.2) is 0 Å². The Hall–Kier alpha value is -1.61. The van der Waals surface area contributed by atoms with Crippen LogP contribution in [-0.2, 0) is 26.3 Å². The first-order valence-electron chi connectivity index (χ1n) is 8.01. The van der Waals surface area contributed by atoms with Crippen molar-refractivity contribution in [3.8, 4) is 0 Å². The zero-order valence-corrected chi connectivity index (χ0v) is 13.7. The molecule has 0 saturated heterocycles. The predicted octanol–water partition coefficient (Wildman–Crippen LogP) is 3.44. The number of hydrogen-bond acceptors (Lipinski definition) is 2. The SMILES string of the molecule is CCNC(Cc1cc(CC)nn1C)c1ccc(CC)cc1. The molecule has 3 heteroatoms. The van der Waals surface area contributed by atoms with Gasteiger partial charge in [0.05, 0.1) is 5.69 Å². The summed E-state index contributed by atoms with van der Waals surface area (Å²) in [6.07, 6.45) is 3.06. The van der Waals surface area contributed by atoms with Gasteiger partial charge in [-0.3, -0.25) is 4.68 Å². The van der Waals surface area contributed by atoms with E-state index in [2.05, 4.69) is 61.5 Å². The van der Waals surface area contributed by atoms with Gasteiger partial charge < -0.3 is 5.32 Å². The fourth-order valence-corrected chi connectivity index (χ4v) is 2.68. The molecular formula is C18H27N3. The van der Waals surface area contributed by atoms with E-state index in [9.17, 15) is 0 Å². The lowest BCUT2D eigenvalue weighted by molar-refractivity contribution is 0.528. The molecule has 0 bridgehead atoms. The van der Waals surface area contributed by atoms with Crippen LogP contribution in [0, 0.1) is 0 Å². The monoisotopic (exact) mass is 285 g/mol. The maximum absolute atomic E-state index is 4.55. The molecule has 3 nitrogen and oxygen atoms in total.